The fraction of sp³-hybridized carbons (Fsp3) is 0.909. The molecule has 0 aromatic heterocycles. The highest BCUT2D eigenvalue weighted by molar-refractivity contribution is 6.74. The Kier molecular flexibility index (Phi) is 18.9. The van der Waals surface area contributed by atoms with Gasteiger partial charge in [-0.3, -0.25) is 9.59 Å². The number of hydrogen-bond acceptors (Lipinski definition) is 19. The molecule has 486 valence electrons. The van der Waals surface area contributed by atoms with Gasteiger partial charge in [0.1, 0.15) is 42.4 Å². The second kappa shape index (κ2) is 25.3. The molecule has 86 heavy (non-hydrogen) atoms. The topological polar surface area (TPSA) is 202 Å². The van der Waals surface area contributed by atoms with Gasteiger partial charge in [0, 0.05) is 85.0 Å². The predicted octanol–water partition coefficient (Wildman–Crippen LogP) is 8.90. The summed E-state index contributed by atoms with van der Waals surface area (Å²) in [4.78, 5) is 29.4. The Morgan fingerprint density at radius 3 is 2.06 bits per heavy atom. The second-order valence-electron chi connectivity index (χ2n) is 30.0. The van der Waals surface area contributed by atoms with Crippen LogP contribution in [0.3, 0.4) is 0 Å². The maximum absolute atomic E-state index is 14.7. The first-order valence-electron chi connectivity index (χ1n) is 33.2. The van der Waals surface area contributed by atoms with Crippen molar-refractivity contribution in [2.45, 2.75) is 334 Å². The Morgan fingerprint density at radius 1 is 0.605 bits per heavy atom. The fourth-order valence-electron chi connectivity index (χ4n) is 17.3. The molecule has 14 unspecified atom stereocenters. The number of ketones is 1. The first-order chi connectivity index (χ1) is 40.8. The Labute approximate surface area is 511 Å². The van der Waals surface area contributed by atoms with Crippen molar-refractivity contribution in [3.8, 4) is 0 Å². The highest BCUT2D eigenvalue weighted by Crippen LogP contribution is 2.52. The van der Waals surface area contributed by atoms with Gasteiger partial charge in [-0.2, -0.15) is 0 Å². The standard InChI is InChI=1S/C66H104O19Si/c1-33-23-40-15-17-44-34(2)24-42(73-44)19-21-65-22-20-46(81-65)60-61(72-12)62(84-65)59-45(77-60)18-16-41(75-59)27-54(69)79-58-38(6)57-51(76-50(58)29-47(74-40)37(33)5)30-48(70-10)49(78-57)25-39(67)26-52-55(71-11)35(3)31-66(82-52)32-36(4)56-53(83-66)28-43(68)63(80-56)85-86(13,14)64(7,8)9/h33,35-36,38,40-53,55-63,68H,2,5,15-32H2,1,3-4,6-14H3/t33-,35+,36+,38+,40?,41?,42?,43?,44+,45?,46?,47-,48-,49-,50+,51+,52+,53?,55+,56?,57+,58?,59+,60?,61?,62?,63?,65+,66?/m1/s1. The third kappa shape index (κ3) is 12.7. The van der Waals surface area contributed by atoms with Crippen LogP contribution >= 0.6 is 0 Å². The van der Waals surface area contributed by atoms with Crippen LogP contribution in [0.5, 0.6) is 0 Å². The van der Waals surface area contributed by atoms with Gasteiger partial charge in [-0.15, -0.1) is 0 Å². The van der Waals surface area contributed by atoms with Gasteiger partial charge in [0.2, 0.25) is 0 Å². The number of fused-ring (bicyclic) bond motifs is 11. The van der Waals surface area contributed by atoms with Gasteiger partial charge in [-0.05, 0) is 98.4 Å². The van der Waals surface area contributed by atoms with E-state index in [4.69, 9.17) is 75.5 Å². The van der Waals surface area contributed by atoms with E-state index in [1.165, 1.54) is 0 Å². The zero-order chi connectivity index (χ0) is 60.9. The van der Waals surface area contributed by atoms with E-state index in [-0.39, 0.29) is 109 Å². The molecule has 0 radical (unpaired) electrons. The monoisotopic (exact) mass is 1230 g/mol. The summed E-state index contributed by atoms with van der Waals surface area (Å²) in [5.74, 6) is -2.45. The zero-order valence-electron chi connectivity index (χ0n) is 53.5. The number of Topliss-reactive ketones (excluding diaryl/α,β-unsaturated/α-hetero) is 1. The average molecular weight is 1230 g/mol. The molecule has 0 saturated carbocycles. The zero-order valence-corrected chi connectivity index (χ0v) is 54.5. The SMILES string of the molecule is C=C1CC2CC[C@]34CCC(O3)C3OC5CCC(CC(=O)OC6[C@H](C[C@H]7OC(CC[C@@H]1O2)C[C@@H](C)C7=C)O[C@H]1C[C@@H](OC)[C@@H](CC(=O)C[C@@H]2OC7(C[C@H](C)C8OC(O[Si](C)(C)C(C)(C)C)C(O)CC8O7)C[C@H](C)[C@@H]2OC)O[C@H]1[C@@H]6C)O[C@@H]5C(O4)C3OC. The molecule has 20 heteroatoms. The van der Waals surface area contributed by atoms with E-state index in [1.54, 1.807) is 21.3 Å². The van der Waals surface area contributed by atoms with Gasteiger partial charge in [-0.25, -0.2) is 0 Å². The van der Waals surface area contributed by atoms with Crippen LogP contribution < -0.4 is 0 Å². The van der Waals surface area contributed by atoms with E-state index in [9.17, 15) is 14.7 Å². The van der Waals surface area contributed by atoms with Crippen LogP contribution in [-0.4, -0.2) is 199 Å². The molecule has 1 N–H and O–H groups in total. The third-order valence-electron chi connectivity index (χ3n) is 22.9. The van der Waals surface area contributed by atoms with Crippen molar-refractivity contribution in [1.82, 2.24) is 0 Å². The lowest BCUT2D eigenvalue weighted by atomic mass is 9.78. The van der Waals surface area contributed by atoms with Gasteiger partial charge in [0.05, 0.1) is 104 Å². The average Bonchev–Trinajstić information content (AvgIpc) is 1.50. The summed E-state index contributed by atoms with van der Waals surface area (Å²) in [6.07, 6.45) is 0.243. The molecule has 10 bridgehead atoms. The molecule has 12 heterocycles. The molecule has 12 rings (SSSR count). The molecular weight excluding hydrogens is 1120 g/mol. The maximum Gasteiger partial charge on any atom is 0.308 e. The van der Waals surface area contributed by atoms with Crippen molar-refractivity contribution in [3.05, 3.63) is 24.3 Å². The van der Waals surface area contributed by atoms with Gasteiger partial charge >= 0.3 is 5.97 Å². The molecule has 0 aliphatic carbocycles. The summed E-state index contributed by atoms with van der Waals surface area (Å²) < 4.78 is 108. The minimum atomic E-state index is -2.25. The van der Waals surface area contributed by atoms with E-state index in [0.29, 0.717) is 51.4 Å². The third-order valence-corrected chi connectivity index (χ3v) is 27.3. The van der Waals surface area contributed by atoms with Gasteiger partial charge in [-0.1, -0.05) is 61.6 Å². The number of hydrogen-bond donors (Lipinski definition) is 1. The van der Waals surface area contributed by atoms with Crippen molar-refractivity contribution in [2.75, 3.05) is 21.3 Å². The van der Waals surface area contributed by atoms with Crippen LogP contribution in [0.2, 0.25) is 18.1 Å². The number of ether oxygens (including phenoxy) is 15. The lowest BCUT2D eigenvalue weighted by Crippen LogP contribution is -2.64. The molecule has 12 aliphatic rings. The number of aliphatic hydroxyl groups is 1. The summed E-state index contributed by atoms with van der Waals surface area (Å²) in [6, 6.07) is 0. The lowest BCUT2D eigenvalue weighted by molar-refractivity contribution is -0.384. The Balaban J connectivity index is 0.750. The molecule has 0 aromatic carbocycles. The van der Waals surface area contributed by atoms with E-state index >= 15 is 0 Å². The van der Waals surface area contributed by atoms with Gasteiger partial charge in [0.25, 0.3) is 0 Å². The van der Waals surface area contributed by atoms with Crippen LogP contribution in [0.15, 0.2) is 24.3 Å². The predicted molar refractivity (Wildman–Crippen MR) is 315 cm³/mol. The van der Waals surface area contributed by atoms with Crippen LogP contribution in [-0.2, 0) is 85.1 Å². The Morgan fingerprint density at radius 2 is 1.30 bits per heavy atom. The quantitative estimate of drug-likeness (QED) is 0.130. The van der Waals surface area contributed by atoms with Crippen LogP contribution in [0, 0.1) is 23.7 Å². The van der Waals surface area contributed by atoms with E-state index in [0.717, 1.165) is 56.1 Å². The van der Waals surface area contributed by atoms with Crippen molar-refractivity contribution < 1.29 is 90.2 Å². The number of rotatable bonds is 9. The van der Waals surface area contributed by atoms with Gasteiger partial charge in [0.15, 0.2) is 26.2 Å². The highest BCUT2D eigenvalue weighted by Gasteiger charge is 2.62. The lowest BCUT2D eigenvalue weighted by Gasteiger charge is -2.56. The molecule has 12 aliphatic heterocycles. The number of esters is 1. The summed E-state index contributed by atoms with van der Waals surface area (Å²) in [6.45, 7) is 28.5. The van der Waals surface area contributed by atoms with Crippen molar-refractivity contribution in [1.29, 1.82) is 0 Å². The van der Waals surface area contributed by atoms with Crippen LogP contribution in [0.25, 0.3) is 0 Å². The van der Waals surface area contributed by atoms with Crippen LogP contribution in [0.1, 0.15) is 164 Å². The normalized spacial score (nSPS) is 50.1. The smallest absolute Gasteiger partial charge is 0.308 e. The molecule has 12 saturated heterocycles. The Bertz CT molecular complexity index is 2440. The highest BCUT2D eigenvalue weighted by atomic mass is 28.4. The van der Waals surface area contributed by atoms with E-state index in [1.807, 2.05) is 0 Å². The molecular formula is C66H104O19Si. The molecule has 19 nitrogen and oxygen atoms in total. The summed E-state index contributed by atoms with van der Waals surface area (Å²) in [5.41, 5.74) is 2.11. The minimum Gasteiger partial charge on any atom is -0.459 e. The van der Waals surface area contributed by atoms with Crippen molar-refractivity contribution >= 4 is 20.1 Å². The largest absolute Gasteiger partial charge is 0.459 e. The number of methoxy groups -OCH3 is 3. The molecule has 0 aromatic rings. The second-order valence-corrected chi connectivity index (χ2v) is 34.8. The van der Waals surface area contributed by atoms with Gasteiger partial charge < -0.3 is 80.6 Å². The molecule has 29 atom stereocenters. The maximum atomic E-state index is 14.7. The number of carbonyl (C=O) groups excluding carboxylic acids is 2. The van der Waals surface area contributed by atoms with E-state index < -0.39 is 112 Å². The van der Waals surface area contributed by atoms with Crippen molar-refractivity contribution in [2.24, 2.45) is 23.7 Å². The summed E-state index contributed by atoms with van der Waals surface area (Å²) in [5, 5.41) is 11.4. The molecule has 2 spiro atoms. The molecule has 12 fully saturated rings. The number of carbonyl (C=O) groups is 2. The fourth-order valence-corrected chi connectivity index (χ4v) is 18.4. The first-order valence-corrected chi connectivity index (χ1v) is 36.1. The minimum absolute atomic E-state index is 0.000597. The number of aliphatic hydroxyl groups excluding tert-OH is 1. The molecule has 0 amide bonds. The summed E-state index contributed by atoms with van der Waals surface area (Å²) >= 11 is 0. The summed E-state index contributed by atoms with van der Waals surface area (Å²) in [7, 11) is 2.77. The first kappa shape index (κ1) is 64.3. The van der Waals surface area contributed by atoms with Crippen molar-refractivity contribution in [3.63, 3.8) is 0 Å². The van der Waals surface area contributed by atoms with Crippen LogP contribution in [0.4, 0.5) is 0 Å². The van der Waals surface area contributed by atoms with E-state index in [2.05, 4.69) is 74.7 Å². The Hall–Kier alpha value is -1.80.